The van der Waals surface area contributed by atoms with Crippen molar-refractivity contribution in [1.82, 2.24) is 5.32 Å². The number of benzene rings is 1. The van der Waals surface area contributed by atoms with Gasteiger partial charge >= 0.3 is 0 Å². The van der Waals surface area contributed by atoms with E-state index in [0.717, 1.165) is 26.0 Å². The van der Waals surface area contributed by atoms with E-state index in [9.17, 15) is 0 Å². The Kier molecular flexibility index (Phi) is 5.21. The van der Waals surface area contributed by atoms with Crippen molar-refractivity contribution in [3.63, 3.8) is 0 Å². The van der Waals surface area contributed by atoms with Gasteiger partial charge in [-0.05, 0) is 43.4 Å². The third-order valence-electron chi connectivity index (χ3n) is 3.67. The third-order valence-corrected chi connectivity index (χ3v) is 3.67. The Morgan fingerprint density at radius 2 is 2.28 bits per heavy atom. The molecular formula is C16H25NO. The zero-order valence-corrected chi connectivity index (χ0v) is 11.6. The summed E-state index contributed by atoms with van der Waals surface area (Å²) in [4.78, 5) is 0. The molecule has 2 atom stereocenters. The van der Waals surface area contributed by atoms with Gasteiger partial charge in [-0.15, -0.1) is 0 Å². The van der Waals surface area contributed by atoms with Crippen molar-refractivity contribution in [2.45, 2.75) is 51.7 Å². The molecule has 2 nitrogen and oxygen atoms in total. The Balaban J connectivity index is 2.14. The summed E-state index contributed by atoms with van der Waals surface area (Å²) in [5.41, 5.74) is 2.79. The zero-order chi connectivity index (χ0) is 12.8. The van der Waals surface area contributed by atoms with Gasteiger partial charge in [0.1, 0.15) is 0 Å². The first kappa shape index (κ1) is 13.6. The van der Waals surface area contributed by atoms with Crippen LogP contribution in [0.3, 0.4) is 0 Å². The largest absolute Gasteiger partial charge is 0.376 e. The van der Waals surface area contributed by atoms with E-state index in [0.29, 0.717) is 12.1 Å². The molecule has 0 spiro atoms. The minimum atomic E-state index is 0.351. The molecule has 0 aliphatic carbocycles. The van der Waals surface area contributed by atoms with Gasteiger partial charge < -0.3 is 10.1 Å². The molecule has 0 radical (unpaired) electrons. The molecule has 1 aromatic carbocycles. The van der Waals surface area contributed by atoms with Crippen LogP contribution in [-0.2, 0) is 11.2 Å². The average Bonchev–Trinajstić information content (AvgIpc) is 2.93. The molecule has 1 saturated heterocycles. The smallest absolute Gasteiger partial charge is 0.0770 e. The van der Waals surface area contributed by atoms with Crippen LogP contribution < -0.4 is 5.32 Å². The number of ether oxygens (including phenoxy) is 1. The highest BCUT2D eigenvalue weighted by molar-refractivity contribution is 5.27. The summed E-state index contributed by atoms with van der Waals surface area (Å²) >= 11 is 0. The summed E-state index contributed by atoms with van der Waals surface area (Å²) in [6.45, 7) is 6.39. The number of rotatable bonds is 6. The van der Waals surface area contributed by atoms with Crippen molar-refractivity contribution >= 4 is 0 Å². The molecule has 18 heavy (non-hydrogen) atoms. The first-order chi connectivity index (χ1) is 8.85. The predicted molar refractivity (Wildman–Crippen MR) is 75.8 cm³/mol. The van der Waals surface area contributed by atoms with E-state index in [-0.39, 0.29) is 0 Å². The zero-order valence-electron chi connectivity index (χ0n) is 11.6. The van der Waals surface area contributed by atoms with Crippen molar-refractivity contribution in [3.8, 4) is 0 Å². The van der Waals surface area contributed by atoms with Gasteiger partial charge in [0.05, 0.1) is 12.1 Å². The lowest BCUT2D eigenvalue weighted by Gasteiger charge is -2.25. The van der Waals surface area contributed by atoms with Crippen molar-refractivity contribution in [2.75, 3.05) is 13.2 Å². The molecule has 100 valence electrons. The van der Waals surface area contributed by atoms with Crippen molar-refractivity contribution in [1.29, 1.82) is 0 Å². The van der Waals surface area contributed by atoms with E-state index in [1.807, 2.05) is 0 Å². The minimum absolute atomic E-state index is 0.351. The molecule has 1 aliphatic heterocycles. The summed E-state index contributed by atoms with van der Waals surface area (Å²) in [5, 5.41) is 3.65. The Hall–Kier alpha value is -0.860. The molecule has 1 fully saturated rings. The van der Waals surface area contributed by atoms with Gasteiger partial charge in [0.15, 0.2) is 0 Å². The fraction of sp³-hybridized carbons (Fsp3) is 0.625. The lowest BCUT2D eigenvalue weighted by molar-refractivity contribution is 0.0783. The summed E-state index contributed by atoms with van der Waals surface area (Å²) in [6.07, 6.45) is 4.99. The number of hydrogen-bond acceptors (Lipinski definition) is 2. The summed E-state index contributed by atoms with van der Waals surface area (Å²) in [5.74, 6) is 0. The third kappa shape index (κ3) is 3.33. The van der Waals surface area contributed by atoms with Crippen molar-refractivity contribution in [2.24, 2.45) is 0 Å². The van der Waals surface area contributed by atoms with Crippen molar-refractivity contribution < 1.29 is 4.74 Å². The molecule has 2 rings (SSSR count). The van der Waals surface area contributed by atoms with Gasteiger partial charge in [0.2, 0.25) is 0 Å². The van der Waals surface area contributed by atoms with Crippen LogP contribution in [0.25, 0.3) is 0 Å². The topological polar surface area (TPSA) is 21.3 Å². The van der Waals surface area contributed by atoms with E-state index in [4.69, 9.17) is 4.74 Å². The van der Waals surface area contributed by atoms with Crippen LogP contribution in [0.5, 0.6) is 0 Å². The standard InChI is InChI=1S/C16H25NO/c1-3-10-17-16(15-9-6-11-18-15)14-8-5-7-13(4-2)12-14/h5,7-8,12,15-17H,3-4,6,9-11H2,1-2H3. The number of aryl methyl sites for hydroxylation is 1. The van der Waals surface area contributed by atoms with Gasteiger partial charge in [0, 0.05) is 6.61 Å². The monoisotopic (exact) mass is 247 g/mol. The quantitative estimate of drug-likeness (QED) is 0.831. The van der Waals surface area contributed by atoms with E-state index in [2.05, 4.69) is 43.4 Å². The van der Waals surface area contributed by atoms with Crippen LogP contribution in [0.1, 0.15) is 50.3 Å². The van der Waals surface area contributed by atoms with Gasteiger partial charge in [0.25, 0.3) is 0 Å². The van der Waals surface area contributed by atoms with Crippen LogP contribution in [0.4, 0.5) is 0 Å². The van der Waals surface area contributed by atoms with Crippen LogP contribution >= 0.6 is 0 Å². The molecule has 0 bridgehead atoms. The second-order valence-corrected chi connectivity index (χ2v) is 5.08. The molecule has 0 aromatic heterocycles. The van der Waals surface area contributed by atoms with Gasteiger partial charge in [-0.2, -0.15) is 0 Å². The van der Waals surface area contributed by atoms with Crippen molar-refractivity contribution in [3.05, 3.63) is 35.4 Å². The Morgan fingerprint density at radius 1 is 1.39 bits per heavy atom. The van der Waals surface area contributed by atoms with E-state index in [1.54, 1.807) is 0 Å². The Labute approximate surface area is 111 Å². The predicted octanol–water partition coefficient (Wildman–Crippen LogP) is 3.47. The fourth-order valence-corrected chi connectivity index (χ4v) is 2.64. The van der Waals surface area contributed by atoms with Crippen LogP contribution in [-0.4, -0.2) is 19.3 Å². The second kappa shape index (κ2) is 6.91. The highest BCUT2D eigenvalue weighted by Crippen LogP contribution is 2.27. The summed E-state index contributed by atoms with van der Waals surface area (Å²) in [6, 6.07) is 9.29. The maximum Gasteiger partial charge on any atom is 0.0770 e. The molecule has 1 N–H and O–H groups in total. The first-order valence-corrected chi connectivity index (χ1v) is 7.29. The second-order valence-electron chi connectivity index (χ2n) is 5.08. The molecular weight excluding hydrogens is 222 g/mol. The Bertz CT molecular complexity index is 358. The summed E-state index contributed by atoms with van der Waals surface area (Å²) < 4.78 is 5.88. The molecule has 2 heteroatoms. The van der Waals surface area contributed by atoms with Gasteiger partial charge in [-0.25, -0.2) is 0 Å². The molecule has 1 aliphatic rings. The highest BCUT2D eigenvalue weighted by atomic mass is 16.5. The first-order valence-electron chi connectivity index (χ1n) is 7.29. The maximum absolute atomic E-state index is 5.88. The summed E-state index contributed by atoms with van der Waals surface area (Å²) in [7, 11) is 0. The van der Waals surface area contributed by atoms with Crippen LogP contribution in [0.15, 0.2) is 24.3 Å². The van der Waals surface area contributed by atoms with E-state index >= 15 is 0 Å². The fourth-order valence-electron chi connectivity index (χ4n) is 2.64. The maximum atomic E-state index is 5.88. The highest BCUT2D eigenvalue weighted by Gasteiger charge is 2.26. The molecule has 1 aromatic rings. The normalized spacial score (nSPS) is 21.1. The number of hydrogen-bond donors (Lipinski definition) is 1. The van der Waals surface area contributed by atoms with E-state index in [1.165, 1.54) is 24.0 Å². The average molecular weight is 247 g/mol. The minimum Gasteiger partial charge on any atom is -0.376 e. The van der Waals surface area contributed by atoms with Crippen LogP contribution in [0, 0.1) is 0 Å². The van der Waals surface area contributed by atoms with E-state index < -0.39 is 0 Å². The number of nitrogens with one attached hydrogen (secondary N) is 1. The molecule has 1 heterocycles. The molecule has 2 unspecified atom stereocenters. The van der Waals surface area contributed by atoms with Crippen LogP contribution in [0.2, 0.25) is 0 Å². The lowest BCUT2D eigenvalue weighted by atomic mass is 9.97. The SMILES string of the molecule is CCCNC(c1cccc(CC)c1)C1CCCO1. The lowest BCUT2D eigenvalue weighted by Crippen LogP contribution is -2.32. The van der Waals surface area contributed by atoms with Gasteiger partial charge in [-0.1, -0.05) is 38.1 Å². The molecule has 0 saturated carbocycles. The Morgan fingerprint density at radius 3 is 2.94 bits per heavy atom. The van der Waals surface area contributed by atoms with Gasteiger partial charge in [-0.3, -0.25) is 0 Å². The molecule has 0 amide bonds.